The molecule has 0 saturated heterocycles. The van der Waals surface area contributed by atoms with E-state index in [1.807, 2.05) is 54.6 Å². The molecule has 7 heteroatoms. The highest BCUT2D eigenvalue weighted by Crippen LogP contribution is 2.51. The molecule has 7 nitrogen and oxygen atoms in total. The molecule has 2 aliphatic rings. The van der Waals surface area contributed by atoms with Crippen molar-refractivity contribution in [2.75, 3.05) is 13.7 Å². The maximum Gasteiger partial charge on any atom is 0.312 e. The van der Waals surface area contributed by atoms with Gasteiger partial charge in [-0.3, -0.25) is 14.6 Å². The third-order valence-electron chi connectivity index (χ3n) is 6.85. The summed E-state index contributed by atoms with van der Waals surface area (Å²) >= 11 is 0. The third kappa shape index (κ3) is 4.75. The molecule has 2 aliphatic heterocycles. The van der Waals surface area contributed by atoms with Gasteiger partial charge in [-0.1, -0.05) is 48.5 Å². The lowest BCUT2D eigenvalue weighted by Gasteiger charge is -2.28. The van der Waals surface area contributed by atoms with E-state index < -0.39 is 5.92 Å². The summed E-state index contributed by atoms with van der Waals surface area (Å²) in [6.45, 7) is 0.418. The van der Waals surface area contributed by atoms with Crippen LogP contribution in [0.2, 0.25) is 0 Å². The van der Waals surface area contributed by atoms with E-state index in [9.17, 15) is 9.59 Å². The molecule has 0 saturated carbocycles. The van der Waals surface area contributed by atoms with E-state index in [0.717, 1.165) is 16.7 Å². The summed E-state index contributed by atoms with van der Waals surface area (Å²) in [5.74, 6) is 0.970. The van der Waals surface area contributed by atoms with Crippen LogP contribution in [0.5, 0.6) is 23.0 Å². The van der Waals surface area contributed by atoms with Crippen LogP contribution in [0.3, 0.4) is 0 Å². The van der Waals surface area contributed by atoms with Crippen molar-refractivity contribution >= 4 is 17.8 Å². The number of ketones is 1. The average molecular weight is 520 g/mol. The summed E-state index contributed by atoms with van der Waals surface area (Å²) in [6, 6.07) is 22.6. The Morgan fingerprint density at radius 2 is 1.85 bits per heavy atom. The van der Waals surface area contributed by atoms with E-state index in [4.69, 9.17) is 18.9 Å². The van der Waals surface area contributed by atoms with Crippen molar-refractivity contribution in [3.8, 4) is 23.0 Å². The molecule has 1 aromatic heterocycles. The Morgan fingerprint density at radius 3 is 2.64 bits per heavy atom. The van der Waals surface area contributed by atoms with Gasteiger partial charge in [0.2, 0.25) is 5.78 Å². The SMILES string of the molecule is COc1cccc(C2CC(=O)Oc3ccc4c(c32)O/C(=C\c2cccnc2)C4=O)c1OCCc1ccccc1. The minimum absolute atomic E-state index is 0.0604. The number of Topliss-reactive ketones (excluding diaryl/α,β-unsaturated/α-hetero) is 1. The zero-order chi connectivity index (χ0) is 26.8. The van der Waals surface area contributed by atoms with Crippen molar-refractivity contribution in [2.24, 2.45) is 0 Å². The first kappa shape index (κ1) is 24.4. The number of para-hydroxylation sites is 1. The van der Waals surface area contributed by atoms with Crippen LogP contribution >= 0.6 is 0 Å². The van der Waals surface area contributed by atoms with Crippen LogP contribution in [0, 0.1) is 0 Å². The fraction of sp³-hybridized carbons (Fsp3) is 0.156. The molecular formula is C32H25NO6. The molecule has 3 aromatic carbocycles. The highest BCUT2D eigenvalue weighted by atomic mass is 16.5. The van der Waals surface area contributed by atoms with Gasteiger partial charge in [0, 0.05) is 35.9 Å². The molecule has 0 bridgehead atoms. The van der Waals surface area contributed by atoms with E-state index in [1.54, 1.807) is 43.8 Å². The molecule has 0 amide bonds. The van der Waals surface area contributed by atoms with Crippen molar-refractivity contribution in [3.63, 3.8) is 0 Å². The van der Waals surface area contributed by atoms with Gasteiger partial charge in [-0.2, -0.15) is 0 Å². The van der Waals surface area contributed by atoms with Crippen LogP contribution in [0.1, 0.15) is 45.0 Å². The number of hydrogen-bond donors (Lipinski definition) is 0. The van der Waals surface area contributed by atoms with Gasteiger partial charge in [0.25, 0.3) is 0 Å². The minimum Gasteiger partial charge on any atom is -0.493 e. The zero-order valence-corrected chi connectivity index (χ0v) is 21.3. The van der Waals surface area contributed by atoms with Crippen molar-refractivity contribution in [2.45, 2.75) is 18.8 Å². The van der Waals surface area contributed by atoms with Crippen molar-refractivity contribution in [3.05, 3.63) is 119 Å². The van der Waals surface area contributed by atoms with Crippen LogP contribution in [-0.2, 0) is 11.2 Å². The number of ether oxygens (including phenoxy) is 4. The third-order valence-corrected chi connectivity index (χ3v) is 6.85. The predicted octanol–water partition coefficient (Wildman–Crippen LogP) is 5.77. The van der Waals surface area contributed by atoms with E-state index in [1.165, 1.54) is 0 Å². The number of rotatable bonds is 7. The summed E-state index contributed by atoms with van der Waals surface area (Å²) in [5.41, 5.74) is 3.71. The lowest BCUT2D eigenvalue weighted by molar-refractivity contribution is -0.135. The number of esters is 1. The molecule has 1 atom stereocenters. The van der Waals surface area contributed by atoms with E-state index in [0.29, 0.717) is 47.2 Å². The number of hydrogen-bond acceptors (Lipinski definition) is 7. The van der Waals surface area contributed by atoms with Crippen LogP contribution < -0.4 is 18.9 Å². The molecule has 0 spiro atoms. The Morgan fingerprint density at radius 1 is 0.974 bits per heavy atom. The number of aromatic nitrogens is 1. The summed E-state index contributed by atoms with van der Waals surface area (Å²) < 4.78 is 23.7. The minimum atomic E-state index is -0.469. The number of carbonyl (C=O) groups excluding carboxylic acids is 2. The maximum absolute atomic E-state index is 13.3. The van der Waals surface area contributed by atoms with Crippen LogP contribution in [0.25, 0.3) is 6.08 Å². The Kier molecular flexibility index (Phi) is 6.55. The summed E-state index contributed by atoms with van der Waals surface area (Å²) in [7, 11) is 1.58. The number of nitrogens with zero attached hydrogens (tertiary/aromatic N) is 1. The average Bonchev–Trinajstić information content (AvgIpc) is 3.28. The topological polar surface area (TPSA) is 84.0 Å². The number of fused-ring (bicyclic) bond motifs is 3. The molecule has 3 heterocycles. The van der Waals surface area contributed by atoms with Gasteiger partial charge in [-0.15, -0.1) is 0 Å². The second-order valence-electron chi connectivity index (χ2n) is 9.27. The maximum atomic E-state index is 13.3. The molecule has 4 aromatic rings. The second-order valence-corrected chi connectivity index (χ2v) is 9.27. The van der Waals surface area contributed by atoms with Gasteiger partial charge >= 0.3 is 5.97 Å². The highest BCUT2D eigenvalue weighted by Gasteiger charge is 2.39. The molecule has 0 fully saturated rings. The monoisotopic (exact) mass is 519 g/mol. The quantitative estimate of drug-likeness (QED) is 0.174. The standard InChI is InChI=1S/C32H25NO6/c1-36-26-11-5-10-22(31(26)37-16-14-20-7-3-2-4-8-20)24-18-28(34)38-25-13-12-23-30(35)27(39-32(23)29(24)25)17-21-9-6-15-33-19-21/h2-13,15,17,19,24H,14,16,18H2,1H3/b27-17-. The first-order valence-electron chi connectivity index (χ1n) is 12.7. The van der Waals surface area contributed by atoms with Crippen LogP contribution in [0.4, 0.5) is 0 Å². The Bertz CT molecular complexity index is 1580. The van der Waals surface area contributed by atoms with Crippen molar-refractivity contribution in [1.29, 1.82) is 0 Å². The lowest BCUT2D eigenvalue weighted by atomic mass is 9.84. The predicted molar refractivity (Wildman–Crippen MR) is 144 cm³/mol. The Hall–Kier alpha value is -4.91. The molecule has 6 rings (SSSR count). The van der Waals surface area contributed by atoms with Gasteiger partial charge < -0.3 is 18.9 Å². The highest BCUT2D eigenvalue weighted by molar-refractivity contribution is 6.15. The van der Waals surface area contributed by atoms with Gasteiger partial charge in [0.05, 0.1) is 25.7 Å². The number of pyridine rings is 1. The largest absolute Gasteiger partial charge is 0.493 e. The van der Waals surface area contributed by atoms with E-state index >= 15 is 0 Å². The molecule has 0 N–H and O–H groups in total. The van der Waals surface area contributed by atoms with Gasteiger partial charge in [0.1, 0.15) is 11.5 Å². The molecule has 194 valence electrons. The van der Waals surface area contributed by atoms with Gasteiger partial charge in [-0.25, -0.2) is 0 Å². The van der Waals surface area contributed by atoms with Gasteiger partial charge in [-0.05, 0) is 41.5 Å². The number of carbonyl (C=O) groups is 2. The number of allylic oxidation sites excluding steroid dienone is 1. The summed E-state index contributed by atoms with van der Waals surface area (Å²) in [5, 5.41) is 0. The molecule has 1 unspecified atom stereocenters. The smallest absolute Gasteiger partial charge is 0.312 e. The fourth-order valence-corrected chi connectivity index (χ4v) is 5.02. The molecule has 0 radical (unpaired) electrons. The van der Waals surface area contributed by atoms with Crippen LogP contribution in [-0.4, -0.2) is 30.5 Å². The second kappa shape index (κ2) is 10.5. The normalized spacial score (nSPS) is 16.7. The van der Waals surface area contributed by atoms with Gasteiger partial charge in [0.15, 0.2) is 17.3 Å². The molecular weight excluding hydrogens is 494 g/mol. The number of methoxy groups -OCH3 is 1. The van der Waals surface area contributed by atoms with Crippen molar-refractivity contribution in [1.82, 2.24) is 4.98 Å². The molecule has 39 heavy (non-hydrogen) atoms. The lowest BCUT2D eigenvalue weighted by Crippen LogP contribution is -2.22. The summed E-state index contributed by atoms with van der Waals surface area (Å²) in [4.78, 5) is 30.1. The number of benzene rings is 3. The zero-order valence-electron chi connectivity index (χ0n) is 21.3. The summed E-state index contributed by atoms with van der Waals surface area (Å²) in [6.07, 6.45) is 5.75. The first-order valence-corrected chi connectivity index (χ1v) is 12.7. The van der Waals surface area contributed by atoms with E-state index in [2.05, 4.69) is 4.98 Å². The Balaban J connectivity index is 1.39. The fourth-order valence-electron chi connectivity index (χ4n) is 5.02. The first-order chi connectivity index (χ1) is 19.1. The van der Waals surface area contributed by atoms with Crippen LogP contribution in [0.15, 0.2) is 90.9 Å². The van der Waals surface area contributed by atoms with E-state index in [-0.39, 0.29) is 23.9 Å². The molecule has 0 aliphatic carbocycles. The van der Waals surface area contributed by atoms with Crippen molar-refractivity contribution < 1.29 is 28.5 Å². The Labute approximate surface area is 225 Å².